The number of carbonyl (C=O) groups is 1. The number of carbonyl (C=O) groups excluding carboxylic acids is 1. The number of nitrogens with one attached hydrogen (secondary N) is 1. The van der Waals surface area contributed by atoms with Gasteiger partial charge in [-0.05, 0) is 60.8 Å². The van der Waals surface area contributed by atoms with Gasteiger partial charge in [0.05, 0.1) is 17.5 Å². The van der Waals surface area contributed by atoms with Gasteiger partial charge in [0.2, 0.25) is 0 Å². The van der Waals surface area contributed by atoms with Gasteiger partial charge in [-0.15, -0.1) is 0 Å². The summed E-state index contributed by atoms with van der Waals surface area (Å²) in [5, 5.41) is 11.4. The summed E-state index contributed by atoms with van der Waals surface area (Å²) in [6, 6.07) is 23.1. The first-order valence-electron chi connectivity index (χ1n) is 12.3. The molecule has 0 spiro atoms. The predicted octanol–water partition coefficient (Wildman–Crippen LogP) is 5.73. The number of likely N-dealkylation sites (tertiary alicyclic amines) is 1. The van der Waals surface area contributed by atoms with Gasteiger partial charge in [0.25, 0.3) is 5.91 Å². The second kappa shape index (κ2) is 11.0. The second-order valence-corrected chi connectivity index (χ2v) is 10.2. The number of amides is 1. The minimum absolute atomic E-state index is 0.125. The fourth-order valence-corrected chi connectivity index (χ4v) is 5.87. The molecule has 1 fully saturated rings. The third kappa shape index (κ3) is 5.55. The molecule has 1 aliphatic rings. The zero-order valence-electron chi connectivity index (χ0n) is 20.1. The molecule has 6 heteroatoms. The third-order valence-electron chi connectivity index (χ3n) is 7.22. The van der Waals surface area contributed by atoms with E-state index in [9.17, 15) is 4.79 Å². The Morgan fingerprint density at radius 2 is 1.80 bits per heavy atom. The Morgan fingerprint density at radius 1 is 1.09 bits per heavy atom. The largest absolute Gasteiger partial charge is 0.338 e. The summed E-state index contributed by atoms with van der Waals surface area (Å²) in [4.78, 5) is 17.8. The summed E-state index contributed by atoms with van der Waals surface area (Å²) < 4.78 is 0. The smallest absolute Gasteiger partial charge is 0.254 e. The van der Waals surface area contributed by atoms with Crippen molar-refractivity contribution in [2.24, 2.45) is 5.92 Å². The van der Waals surface area contributed by atoms with Crippen LogP contribution in [0, 0.1) is 5.92 Å². The van der Waals surface area contributed by atoms with Crippen LogP contribution in [-0.4, -0.2) is 52.1 Å². The number of piperidine rings is 1. The molecular weight excluding hydrogens is 452 g/mol. The van der Waals surface area contributed by atoms with Crippen LogP contribution in [0.4, 0.5) is 0 Å². The number of thiophene rings is 1. The molecule has 2 aromatic heterocycles. The average Bonchev–Trinajstić information content (AvgIpc) is 3.61. The van der Waals surface area contributed by atoms with E-state index >= 15 is 0 Å². The highest BCUT2D eigenvalue weighted by molar-refractivity contribution is 7.08. The lowest BCUT2D eigenvalue weighted by molar-refractivity contribution is 0.0585. The Bertz CT molecular complexity index is 1200. The van der Waals surface area contributed by atoms with E-state index in [1.165, 1.54) is 16.7 Å². The van der Waals surface area contributed by atoms with Crippen molar-refractivity contribution in [2.75, 3.05) is 20.1 Å². The molecule has 5 rings (SSSR count). The van der Waals surface area contributed by atoms with E-state index in [0.29, 0.717) is 5.92 Å². The van der Waals surface area contributed by atoms with Crippen LogP contribution >= 0.6 is 11.3 Å². The maximum atomic E-state index is 13.2. The quantitative estimate of drug-likeness (QED) is 0.347. The standard InChI is InChI=1S/C29H32N4OS/c1-32(29(34)25-14-17-35-21-25)27(18-22-8-4-2-5-9-22)23-12-15-33(16-13-23)20-26-19-30-31-28(26)24-10-6-3-7-11-24/h2-11,14,17,19,21,23,27H,12-13,15-16,18,20H2,1H3,(H,30,31). The minimum atomic E-state index is 0.125. The van der Waals surface area contributed by atoms with Gasteiger partial charge in [0, 0.05) is 30.6 Å². The molecule has 4 aromatic rings. The zero-order chi connectivity index (χ0) is 24.0. The molecule has 1 amide bonds. The van der Waals surface area contributed by atoms with E-state index in [1.54, 1.807) is 11.3 Å². The topological polar surface area (TPSA) is 52.2 Å². The molecule has 35 heavy (non-hydrogen) atoms. The van der Waals surface area contributed by atoms with E-state index in [0.717, 1.165) is 50.2 Å². The summed E-state index contributed by atoms with van der Waals surface area (Å²) in [6.45, 7) is 2.94. The molecule has 1 N–H and O–H groups in total. The predicted molar refractivity (Wildman–Crippen MR) is 142 cm³/mol. The van der Waals surface area contributed by atoms with Crippen LogP contribution in [0.2, 0.25) is 0 Å². The molecule has 0 aliphatic carbocycles. The van der Waals surface area contributed by atoms with Crippen LogP contribution in [0.1, 0.15) is 34.3 Å². The van der Waals surface area contributed by atoms with E-state index in [1.807, 2.05) is 41.0 Å². The first kappa shape index (κ1) is 23.5. The molecule has 180 valence electrons. The zero-order valence-corrected chi connectivity index (χ0v) is 21.0. The fraction of sp³-hybridized carbons (Fsp3) is 0.310. The van der Waals surface area contributed by atoms with Crippen LogP contribution in [0.3, 0.4) is 0 Å². The van der Waals surface area contributed by atoms with Crippen molar-refractivity contribution >= 4 is 17.2 Å². The number of aromatic nitrogens is 2. The number of hydrogen-bond acceptors (Lipinski definition) is 4. The van der Waals surface area contributed by atoms with Crippen LogP contribution in [0.25, 0.3) is 11.3 Å². The van der Waals surface area contributed by atoms with Crippen molar-refractivity contribution in [1.29, 1.82) is 0 Å². The molecule has 1 unspecified atom stereocenters. The van der Waals surface area contributed by atoms with E-state index in [2.05, 4.69) is 69.7 Å². The van der Waals surface area contributed by atoms with Crippen molar-refractivity contribution in [3.8, 4) is 11.3 Å². The second-order valence-electron chi connectivity index (χ2n) is 9.43. The van der Waals surface area contributed by atoms with E-state index in [4.69, 9.17) is 0 Å². The molecule has 0 saturated carbocycles. The van der Waals surface area contributed by atoms with Gasteiger partial charge in [0.15, 0.2) is 0 Å². The van der Waals surface area contributed by atoms with Crippen molar-refractivity contribution in [3.63, 3.8) is 0 Å². The van der Waals surface area contributed by atoms with Gasteiger partial charge < -0.3 is 4.90 Å². The van der Waals surface area contributed by atoms with Gasteiger partial charge in [-0.1, -0.05) is 60.7 Å². The highest BCUT2D eigenvalue weighted by Crippen LogP contribution is 2.29. The summed E-state index contributed by atoms with van der Waals surface area (Å²) >= 11 is 1.58. The summed E-state index contributed by atoms with van der Waals surface area (Å²) in [7, 11) is 1.98. The number of hydrogen-bond donors (Lipinski definition) is 1. The van der Waals surface area contributed by atoms with Crippen molar-refractivity contribution in [3.05, 3.63) is 100 Å². The SMILES string of the molecule is CN(C(=O)c1ccsc1)C(Cc1ccccc1)C1CCN(Cc2cn[nH]c2-c2ccccc2)CC1. The lowest BCUT2D eigenvalue weighted by atomic mass is 9.84. The lowest BCUT2D eigenvalue weighted by Gasteiger charge is -2.40. The average molecular weight is 485 g/mol. The molecule has 3 heterocycles. The van der Waals surface area contributed by atoms with Gasteiger partial charge >= 0.3 is 0 Å². The molecule has 1 atom stereocenters. The van der Waals surface area contributed by atoms with Gasteiger partial charge in [-0.2, -0.15) is 16.4 Å². The normalized spacial score (nSPS) is 15.7. The fourth-order valence-electron chi connectivity index (χ4n) is 5.24. The van der Waals surface area contributed by atoms with Gasteiger partial charge in [0.1, 0.15) is 0 Å². The number of aromatic amines is 1. The number of nitrogens with zero attached hydrogens (tertiary/aromatic N) is 3. The Hall–Kier alpha value is -3.22. The van der Waals surface area contributed by atoms with Crippen molar-refractivity contribution in [2.45, 2.75) is 31.8 Å². The summed E-state index contributed by atoms with van der Waals surface area (Å²) in [6.07, 6.45) is 5.01. The van der Waals surface area contributed by atoms with Crippen molar-refractivity contribution in [1.82, 2.24) is 20.0 Å². The Labute approximate surface area is 211 Å². The molecular formula is C29H32N4OS. The lowest BCUT2D eigenvalue weighted by Crippen LogP contribution is -2.47. The van der Waals surface area contributed by atoms with E-state index in [-0.39, 0.29) is 11.9 Å². The third-order valence-corrected chi connectivity index (χ3v) is 7.91. The van der Waals surface area contributed by atoms with E-state index < -0.39 is 0 Å². The molecule has 0 bridgehead atoms. The maximum Gasteiger partial charge on any atom is 0.254 e. The highest BCUT2D eigenvalue weighted by Gasteiger charge is 2.32. The molecule has 1 saturated heterocycles. The van der Waals surface area contributed by atoms with Crippen LogP contribution in [0.15, 0.2) is 83.7 Å². The monoisotopic (exact) mass is 484 g/mol. The molecule has 1 aliphatic heterocycles. The number of H-pyrrole nitrogens is 1. The Balaban J connectivity index is 1.27. The van der Waals surface area contributed by atoms with Crippen LogP contribution < -0.4 is 0 Å². The minimum Gasteiger partial charge on any atom is -0.338 e. The first-order chi connectivity index (χ1) is 17.2. The van der Waals surface area contributed by atoms with Crippen LogP contribution in [0.5, 0.6) is 0 Å². The van der Waals surface area contributed by atoms with Gasteiger partial charge in [-0.3, -0.25) is 14.8 Å². The number of likely N-dealkylation sites (N-methyl/N-ethyl adjacent to an activating group) is 1. The number of benzene rings is 2. The molecule has 5 nitrogen and oxygen atoms in total. The van der Waals surface area contributed by atoms with Crippen molar-refractivity contribution < 1.29 is 4.79 Å². The number of rotatable bonds is 8. The highest BCUT2D eigenvalue weighted by atomic mass is 32.1. The molecule has 2 aromatic carbocycles. The first-order valence-corrected chi connectivity index (χ1v) is 13.3. The summed E-state index contributed by atoms with van der Waals surface area (Å²) in [5.41, 5.74) is 5.60. The Morgan fingerprint density at radius 3 is 2.49 bits per heavy atom. The molecule has 0 radical (unpaired) electrons. The Kier molecular flexibility index (Phi) is 7.40. The van der Waals surface area contributed by atoms with Crippen LogP contribution in [-0.2, 0) is 13.0 Å². The summed E-state index contributed by atoms with van der Waals surface area (Å²) in [5.74, 6) is 0.595. The van der Waals surface area contributed by atoms with Gasteiger partial charge in [-0.25, -0.2) is 0 Å². The maximum absolute atomic E-state index is 13.2.